The van der Waals surface area contributed by atoms with Gasteiger partial charge in [0.1, 0.15) is 13.2 Å². The van der Waals surface area contributed by atoms with Gasteiger partial charge in [-0.15, -0.1) is 0 Å². The van der Waals surface area contributed by atoms with E-state index in [0.29, 0.717) is 19.3 Å². The fourth-order valence-corrected chi connectivity index (χ4v) is 7.68. The molecule has 6 heteroatoms. The summed E-state index contributed by atoms with van der Waals surface area (Å²) in [6.45, 7) is 6.55. The predicted molar refractivity (Wildman–Crippen MR) is 270 cm³/mol. The maximum atomic E-state index is 12.8. The van der Waals surface area contributed by atoms with Gasteiger partial charge in [0, 0.05) is 19.3 Å². The van der Waals surface area contributed by atoms with Gasteiger partial charge in [-0.05, 0) is 83.5 Å². The molecule has 0 amide bonds. The third-order valence-corrected chi connectivity index (χ3v) is 11.8. The van der Waals surface area contributed by atoms with Gasteiger partial charge >= 0.3 is 17.9 Å². The minimum atomic E-state index is -0.775. The molecule has 0 aromatic carbocycles. The molecule has 0 saturated heterocycles. The van der Waals surface area contributed by atoms with E-state index in [4.69, 9.17) is 14.2 Å². The summed E-state index contributed by atoms with van der Waals surface area (Å²) in [7, 11) is 0. The Labute approximate surface area is 390 Å². The Bertz CT molecular complexity index is 1110. The van der Waals surface area contributed by atoms with Crippen molar-refractivity contribution in [1.82, 2.24) is 0 Å². The van der Waals surface area contributed by atoms with Crippen LogP contribution < -0.4 is 0 Å². The van der Waals surface area contributed by atoms with E-state index in [2.05, 4.69) is 69.4 Å². The predicted octanol–water partition coefficient (Wildman–Crippen LogP) is 17.9. The van der Waals surface area contributed by atoms with Gasteiger partial charge in [0.05, 0.1) is 0 Å². The zero-order chi connectivity index (χ0) is 45.8. The van der Waals surface area contributed by atoms with Gasteiger partial charge in [-0.3, -0.25) is 14.4 Å². The number of carbonyl (C=O) groups is 3. The summed E-state index contributed by atoms with van der Waals surface area (Å²) >= 11 is 0. The van der Waals surface area contributed by atoms with Crippen molar-refractivity contribution in [2.45, 2.75) is 284 Å². The lowest BCUT2D eigenvalue weighted by Crippen LogP contribution is -2.30. The molecule has 366 valence electrons. The number of ether oxygens (including phenoxy) is 3. The van der Waals surface area contributed by atoms with Crippen LogP contribution in [-0.2, 0) is 28.6 Å². The van der Waals surface area contributed by atoms with E-state index >= 15 is 0 Å². The molecule has 0 N–H and O–H groups in total. The van der Waals surface area contributed by atoms with Crippen LogP contribution in [0.15, 0.2) is 48.6 Å². The number of hydrogen-bond donors (Lipinski definition) is 0. The highest BCUT2D eigenvalue weighted by atomic mass is 16.6. The zero-order valence-electron chi connectivity index (χ0n) is 41.8. The lowest BCUT2D eigenvalue weighted by molar-refractivity contribution is -0.167. The smallest absolute Gasteiger partial charge is 0.306 e. The Morgan fingerprint density at radius 1 is 0.317 bits per heavy atom. The van der Waals surface area contributed by atoms with Gasteiger partial charge in [0.15, 0.2) is 6.10 Å². The summed E-state index contributed by atoms with van der Waals surface area (Å²) in [6, 6.07) is 0. The van der Waals surface area contributed by atoms with Gasteiger partial charge in [-0.2, -0.15) is 0 Å². The first kappa shape index (κ1) is 60.4. The average Bonchev–Trinajstić information content (AvgIpc) is 3.28. The van der Waals surface area contributed by atoms with Crippen LogP contribution in [0.1, 0.15) is 278 Å². The summed E-state index contributed by atoms with van der Waals surface area (Å²) in [4.78, 5) is 37.7. The molecule has 0 aromatic heterocycles. The van der Waals surface area contributed by atoms with Crippen LogP contribution in [0.5, 0.6) is 0 Å². The number of rotatable bonds is 49. The average molecular weight is 883 g/mol. The van der Waals surface area contributed by atoms with E-state index in [0.717, 1.165) is 83.5 Å². The quantitative estimate of drug-likeness (QED) is 0.0262. The highest BCUT2D eigenvalue weighted by molar-refractivity contribution is 5.71. The maximum absolute atomic E-state index is 12.8. The molecule has 1 unspecified atom stereocenters. The lowest BCUT2D eigenvalue weighted by Gasteiger charge is -2.18. The van der Waals surface area contributed by atoms with Crippen molar-refractivity contribution in [3.63, 3.8) is 0 Å². The standard InChI is InChI=1S/C57H102O6/c1-4-7-10-13-15-17-19-21-23-25-27-28-30-31-33-35-37-39-41-44-47-50-56(59)62-53-54(52-61-55(58)49-46-43-12-9-6-3)63-57(60)51-48-45-42-40-38-36-34-32-29-26-24-22-20-18-16-14-11-8-5-2/h19,21-22,24-25,27,30-31,54H,4-18,20,23,26,28-29,32-53H2,1-3H3/b21-19-,24-22-,27-25-,31-30-. The third-order valence-electron chi connectivity index (χ3n) is 11.8. The lowest BCUT2D eigenvalue weighted by atomic mass is 10.1. The van der Waals surface area contributed by atoms with Crippen molar-refractivity contribution >= 4 is 17.9 Å². The van der Waals surface area contributed by atoms with Gasteiger partial charge in [0.2, 0.25) is 0 Å². The molecular weight excluding hydrogens is 781 g/mol. The fraction of sp³-hybridized carbons (Fsp3) is 0.807. The van der Waals surface area contributed by atoms with Crippen LogP contribution >= 0.6 is 0 Å². The number of unbranched alkanes of at least 4 members (excludes halogenated alkanes) is 30. The van der Waals surface area contributed by atoms with Crippen molar-refractivity contribution in [1.29, 1.82) is 0 Å². The Balaban J connectivity index is 4.15. The number of allylic oxidation sites excluding steroid dienone is 8. The molecule has 0 bridgehead atoms. The minimum Gasteiger partial charge on any atom is -0.462 e. The first-order valence-corrected chi connectivity index (χ1v) is 27.1. The normalized spacial score (nSPS) is 12.4. The topological polar surface area (TPSA) is 78.9 Å². The summed E-state index contributed by atoms with van der Waals surface area (Å²) in [6.07, 6.45) is 62.8. The third kappa shape index (κ3) is 50.2. The highest BCUT2D eigenvalue weighted by Gasteiger charge is 2.19. The second-order valence-electron chi connectivity index (χ2n) is 18.1. The Morgan fingerprint density at radius 2 is 0.571 bits per heavy atom. The molecule has 0 heterocycles. The molecule has 0 aliphatic rings. The minimum absolute atomic E-state index is 0.0782. The second kappa shape index (κ2) is 52.0. The molecule has 0 aliphatic carbocycles. The molecule has 0 fully saturated rings. The largest absolute Gasteiger partial charge is 0.462 e. The van der Waals surface area contributed by atoms with E-state index in [1.165, 1.54) is 154 Å². The van der Waals surface area contributed by atoms with Crippen LogP contribution in [0.25, 0.3) is 0 Å². The molecule has 0 saturated carbocycles. The zero-order valence-corrected chi connectivity index (χ0v) is 41.8. The number of carbonyl (C=O) groups excluding carboxylic acids is 3. The van der Waals surface area contributed by atoms with Gasteiger partial charge < -0.3 is 14.2 Å². The monoisotopic (exact) mass is 883 g/mol. The highest BCUT2D eigenvalue weighted by Crippen LogP contribution is 2.15. The molecule has 6 nitrogen and oxygen atoms in total. The van der Waals surface area contributed by atoms with Crippen molar-refractivity contribution in [3.8, 4) is 0 Å². The Hall–Kier alpha value is -2.63. The van der Waals surface area contributed by atoms with E-state index in [1.807, 2.05) is 0 Å². The molecule has 0 spiro atoms. The van der Waals surface area contributed by atoms with Crippen molar-refractivity contribution < 1.29 is 28.6 Å². The van der Waals surface area contributed by atoms with Crippen molar-refractivity contribution in [2.24, 2.45) is 0 Å². The van der Waals surface area contributed by atoms with Crippen LogP contribution in [0, 0.1) is 0 Å². The molecule has 63 heavy (non-hydrogen) atoms. The molecule has 0 aromatic rings. The van der Waals surface area contributed by atoms with Gasteiger partial charge in [0.25, 0.3) is 0 Å². The maximum Gasteiger partial charge on any atom is 0.306 e. The van der Waals surface area contributed by atoms with Crippen LogP contribution in [0.3, 0.4) is 0 Å². The number of esters is 3. The fourth-order valence-electron chi connectivity index (χ4n) is 7.68. The van der Waals surface area contributed by atoms with E-state index in [9.17, 15) is 14.4 Å². The molecule has 0 rings (SSSR count). The van der Waals surface area contributed by atoms with Crippen LogP contribution in [-0.4, -0.2) is 37.2 Å². The number of hydrogen-bond acceptors (Lipinski definition) is 6. The van der Waals surface area contributed by atoms with E-state index < -0.39 is 6.10 Å². The van der Waals surface area contributed by atoms with Crippen molar-refractivity contribution in [2.75, 3.05) is 13.2 Å². The second-order valence-corrected chi connectivity index (χ2v) is 18.1. The molecule has 1 atom stereocenters. The van der Waals surface area contributed by atoms with Crippen LogP contribution in [0.2, 0.25) is 0 Å². The van der Waals surface area contributed by atoms with Crippen LogP contribution in [0.4, 0.5) is 0 Å². The Kier molecular flexibility index (Phi) is 49.8. The van der Waals surface area contributed by atoms with Crippen molar-refractivity contribution in [3.05, 3.63) is 48.6 Å². The first-order chi connectivity index (χ1) is 31.0. The van der Waals surface area contributed by atoms with E-state index in [1.54, 1.807) is 0 Å². The SMILES string of the molecule is CCCCCCC/C=C\C/C=C\C/C=C\CCCCCCCCC(=O)OCC(COC(=O)CCCCCCC)OC(=O)CCCCCCCCCCC/C=C\CCCCCCCC. The summed E-state index contributed by atoms with van der Waals surface area (Å²) in [5.41, 5.74) is 0. The van der Waals surface area contributed by atoms with E-state index in [-0.39, 0.29) is 31.1 Å². The summed E-state index contributed by atoms with van der Waals surface area (Å²) < 4.78 is 16.7. The molecule has 0 radical (unpaired) electrons. The van der Waals surface area contributed by atoms with Gasteiger partial charge in [-0.25, -0.2) is 0 Å². The first-order valence-electron chi connectivity index (χ1n) is 27.1. The summed E-state index contributed by atoms with van der Waals surface area (Å²) in [5.74, 6) is -0.899. The Morgan fingerprint density at radius 3 is 0.905 bits per heavy atom. The van der Waals surface area contributed by atoms with Gasteiger partial charge in [-0.1, -0.05) is 223 Å². The molecular formula is C57H102O6. The molecule has 0 aliphatic heterocycles. The summed E-state index contributed by atoms with van der Waals surface area (Å²) in [5, 5.41) is 0.